The summed E-state index contributed by atoms with van der Waals surface area (Å²) in [5, 5.41) is 3.59. The standard InChI is InChI=1S/C16H25NO/c1-11-8-9-12(16(2,3)4)15(18-5)14(11)13-7-6-10-17-13/h8-9,13,17H,6-7,10H2,1-5H3. The number of hydrogen-bond acceptors (Lipinski definition) is 2. The second-order valence-corrected chi connectivity index (χ2v) is 6.28. The van der Waals surface area contributed by atoms with Gasteiger partial charge < -0.3 is 10.1 Å². The van der Waals surface area contributed by atoms with Crippen molar-refractivity contribution in [1.29, 1.82) is 0 Å². The minimum Gasteiger partial charge on any atom is -0.496 e. The van der Waals surface area contributed by atoms with Crippen LogP contribution in [-0.2, 0) is 5.41 Å². The van der Waals surface area contributed by atoms with E-state index in [-0.39, 0.29) is 5.41 Å². The van der Waals surface area contributed by atoms with Gasteiger partial charge in [-0.15, -0.1) is 0 Å². The average Bonchev–Trinajstić information content (AvgIpc) is 2.79. The summed E-state index contributed by atoms with van der Waals surface area (Å²) in [6.45, 7) is 10.0. The van der Waals surface area contributed by atoms with E-state index in [1.807, 2.05) is 0 Å². The maximum absolute atomic E-state index is 5.76. The molecule has 1 fully saturated rings. The van der Waals surface area contributed by atoms with Crippen molar-refractivity contribution in [3.8, 4) is 5.75 Å². The molecule has 1 N–H and O–H groups in total. The summed E-state index contributed by atoms with van der Waals surface area (Å²) in [4.78, 5) is 0. The smallest absolute Gasteiger partial charge is 0.127 e. The second kappa shape index (κ2) is 4.93. The van der Waals surface area contributed by atoms with Crippen molar-refractivity contribution in [2.24, 2.45) is 0 Å². The van der Waals surface area contributed by atoms with Crippen molar-refractivity contribution in [3.05, 3.63) is 28.8 Å². The maximum Gasteiger partial charge on any atom is 0.127 e. The Morgan fingerprint density at radius 2 is 2.00 bits per heavy atom. The van der Waals surface area contributed by atoms with Gasteiger partial charge in [0.05, 0.1) is 7.11 Å². The number of aryl methyl sites for hydroxylation is 1. The van der Waals surface area contributed by atoms with Crippen LogP contribution < -0.4 is 10.1 Å². The Balaban J connectivity index is 2.55. The molecular weight excluding hydrogens is 222 g/mol. The SMILES string of the molecule is COc1c(C(C)(C)C)ccc(C)c1C1CCCN1. The van der Waals surface area contributed by atoms with Crippen LogP contribution in [0.4, 0.5) is 0 Å². The lowest BCUT2D eigenvalue weighted by Gasteiger charge is -2.27. The number of nitrogens with one attached hydrogen (secondary N) is 1. The minimum absolute atomic E-state index is 0.117. The lowest BCUT2D eigenvalue weighted by Crippen LogP contribution is -2.19. The molecule has 2 nitrogen and oxygen atoms in total. The zero-order valence-electron chi connectivity index (χ0n) is 12.3. The summed E-state index contributed by atoms with van der Waals surface area (Å²) in [6.07, 6.45) is 2.47. The van der Waals surface area contributed by atoms with Gasteiger partial charge in [0, 0.05) is 11.6 Å². The summed E-state index contributed by atoms with van der Waals surface area (Å²) in [5.41, 5.74) is 4.12. The molecule has 0 amide bonds. The molecule has 100 valence electrons. The fourth-order valence-electron chi connectivity index (χ4n) is 2.87. The number of hydrogen-bond donors (Lipinski definition) is 1. The Morgan fingerprint density at radius 3 is 2.50 bits per heavy atom. The van der Waals surface area contributed by atoms with Crippen LogP contribution in [0.25, 0.3) is 0 Å². The first-order chi connectivity index (χ1) is 8.45. The molecule has 2 heteroatoms. The largest absolute Gasteiger partial charge is 0.496 e. The van der Waals surface area contributed by atoms with Crippen LogP contribution in [0.1, 0.15) is 56.3 Å². The van der Waals surface area contributed by atoms with Crippen molar-refractivity contribution in [1.82, 2.24) is 5.32 Å². The van der Waals surface area contributed by atoms with E-state index in [0.29, 0.717) is 6.04 Å². The highest BCUT2D eigenvalue weighted by Gasteiger charge is 2.27. The van der Waals surface area contributed by atoms with E-state index in [2.05, 4.69) is 45.1 Å². The molecule has 0 radical (unpaired) electrons. The third kappa shape index (κ3) is 2.39. The molecule has 0 bridgehead atoms. The summed E-state index contributed by atoms with van der Waals surface area (Å²) in [5.74, 6) is 1.09. The van der Waals surface area contributed by atoms with E-state index >= 15 is 0 Å². The molecule has 1 aromatic rings. The third-order valence-electron chi connectivity index (χ3n) is 3.84. The fourth-order valence-corrected chi connectivity index (χ4v) is 2.87. The monoisotopic (exact) mass is 247 g/mol. The van der Waals surface area contributed by atoms with Crippen LogP contribution in [-0.4, -0.2) is 13.7 Å². The maximum atomic E-state index is 5.76. The van der Waals surface area contributed by atoms with Crippen LogP contribution in [0.2, 0.25) is 0 Å². The highest BCUT2D eigenvalue weighted by Crippen LogP contribution is 2.40. The Morgan fingerprint density at radius 1 is 1.28 bits per heavy atom. The quantitative estimate of drug-likeness (QED) is 0.860. The zero-order chi connectivity index (χ0) is 13.3. The van der Waals surface area contributed by atoms with E-state index < -0.39 is 0 Å². The highest BCUT2D eigenvalue weighted by atomic mass is 16.5. The first-order valence-electron chi connectivity index (χ1n) is 6.86. The van der Waals surface area contributed by atoms with Crippen molar-refractivity contribution in [2.75, 3.05) is 13.7 Å². The molecule has 1 aromatic carbocycles. The van der Waals surface area contributed by atoms with Gasteiger partial charge in [0.25, 0.3) is 0 Å². The Bertz CT molecular complexity index is 425. The molecule has 0 aliphatic carbocycles. The topological polar surface area (TPSA) is 21.3 Å². The van der Waals surface area contributed by atoms with Gasteiger partial charge in [-0.3, -0.25) is 0 Å². The zero-order valence-corrected chi connectivity index (χ0v) is 12.3. The number of rotatable bonds is 2. The van der Waals surface area contributed by atoms with E-state index in [1.165, 1.54) is 29.5 Å². The second-order valence-electron chi connectivity index (χ2n) is 6.28. The summed E-state index contributed by atoms with van der Waals surface area (Å²) < 4.78 is 5.76. The van der Waals surface area contributed by atoms with Crippen molar-refractivity contribution >= 4 is 0 Å². The summed E-state index contributed by atoms with van der Waals surface area (Å²) in [6, 6.07) is 4.91. The Labute approximate surface area is 111 Å². The van der Waals surface area contributed by atoms with Crippen molar-refractivity contribution < 1.29 is 4.74 Å². The predicted molar refractivity (Wildman–Crippen MR) is 76.4 cm³/mol. The van der Waals surface area contributed by atoms with Crippen LogP contribution in [0.15, 0.2) is 12.1 Å². The van der Waals surface area contributed by atoms with Gasteiger partial charge in [0.15, 0.2) is 0 Å². The van der Waals surface area contributed by atoms with Crippen LogP contribution in [0.5, 0.6) is 5.75 Å². The first-order valence-corrected chi connectivity index (χ1v) is 6.86. The van der Waals surface area contributed by atoms with Crippen LogP contribution in [0, 0.1) is 6.92 Å². The van der Waals surface area contributed by atoms with Crippen LogP contribution in [0.3, 0.4) is 0 Å². The number of ether oxygens (including phenoxy) is 1. The van der Waals surface area contributed by atoms with Gasteiger partial charge in [0.1, 0.15) is 5.75 Å². The van der Waals surface area contributed by atoms with Crippen molar-refractivity contribution in [2.45, 2.75) is 52.0 Å². The normalized spacial score (nSPS) is 20.2. The lowest BCUT2D eigenvalue weighted by molar-refractivity contribution is 0.386. The molecule has 1 unspecified atom stereocenters. The molecule has 18 heavy (non-hydrogen) atoms. The summed E-state index contributed by atoms with van der Waals surface area (Å²) in [7, 11) is 1.79. The predicted octanol–water partition coefficient (Wildman–Crippen LogP) is 3.73. The molecular formula is C16H25NO. The fraction of sp³-hybridized carbons (Fsp3) is 0.625. The number of methoxy groups -OCH3 is 1. The molecule has 0 saturated carbocycles. The van der Waals surface area contributed by atoms with Crippen molar-refractivity contribution in [3.63, 3.8) is 0 Å². The van der Waals surface area contributed by atoms with Gasteiger partial charge in [0.2, 0.25) is 0 Å². The minimum atomic E-state index is 0.117. The molecule has 1 aliphatic heterocycles. The van der Waals surface area contributed by atoms with Gasteiger partial charge in [-0.1, -0.05) is 32.9 Å². The first kappa shape index (κ1) is 13.4. The van der Waals surface area contributed by atoms with Crippen LogP contribution >= 0.6 is 0 Å². The van der Waals surface area contributed by atoms with Gasteiger partial charge in [-0.2, -0.15) is 0 Å². The van der Waals surface area contributed by atoms with E-state index in [4.69, 9.17) is 4.74 Å². The lowest BCUT2D eigenvalue weighted by atomic mass is 9.83. The third-order valence-corrected chi connectivity index (χ3v) is 3.84. The highest BCUT2D eigenvalue weighted by molar-refractivity contribution is 5.50. The molecule has 1 atom stereocenters. The Hall–Kier alpha value is -1.02. The molecule has 1 aliphatic rings. The molecule has 2 rings (SSSR count). The van der Waals surface area contributed by atoms with E-state index in [9.17, 15) is 0 Å². The number of benzene rings is 1. The van der Waals surface area contributed by atoms with Gasteiger partial charge in [-0.05, 0) is 42.9 Å². The molecule has 0 spiro atoms. The Kier molecular flexibility index (Phi) is 3.67. The van der Waals surface area contributed by atoms with Gasteiger partial charge >= 0.3 is 0 Å². The summed E-state index contributed by atoms with van der Waals surface area (Å²) >= 11 is 0. The van der Waals surface area contributed by atoms with E-state index in [1.54, 1.807) is 7.11 Å². The van der Waals surface area contributed by atoms with E-state index in [0.717, 1.165) is 12.3 Å². The molecule has 1 heterocycles. The van der Waals surface area contributed by atoms with Gasteiger partial charge in [-0.25, -0.2) is 0 Å². The molecule has 1 saturated heterocycles. The molecule has 0 aromatic heterocycles. The average molecular weight is 247 g/mol.